The zero-order valence-corrected chi connectivity index (χ0v) is 14.1. The van der Waals surface area contributed by atoms with E-state index in [1.54, 1.807) is 0 Å². The van der Waals surface area contributed by atoms with Gasteiger partial charge in [-0.15, -0.1) is 0 Å². The summed E-state index contributed by atoms with van der Waals surface area (Å²) in [5.41, 5.74) is 0. The minimum Gasteiger partial charge on any atom is -0.286 e. The van der Waals surface area contributed by atoms with Crippen LogP contribution in [0.2, 0.25) is 22.7 Å². The molecular weight excluding hydrogens is 252 g/mol. The zero-order valence-electron chi connectivity index (χ0n) is 12.3. The Kier molecular flexibility index (Phi) is 5.05. The first-order valence-corrected chi connectivity index (χ1v) is 10.5. The van der Waals surface area contributed by atoms with Crippen molar-refractivity contribution in [2.24, 2.45) is 0 Å². The number of hydrogen-bond donors (Lipinski definition) is 1. The van der Waals surface area contributed by atoms with Crippen LogP contribution in [0.5, 0.6) is 0 Å². The van der Waals surface area contributed by atoms with Crippen LogP contribution in [0.1, 0.15) is 48.0 Å². The van der Waals surface area contributed by atoms with Crippen molar-refractivity contribution in [3.8, 4) is 0 Å². The van der Waals surface area contributed by atoms with Crippen LogP contribution in [-0.4, -0.2) is 26.8 Å². The van der Waals surface area contributed by atoms with E-state index >= 15 is 0 Å². The Bertz CT molecular complexity index is 333. The van der Waals surface area contributed by atoms with Gasteiger partial charge >= 0.3 is 0 Å². The molecule has 0 aromatic heterocycles. The molecule has 0 aliphatic carbocycles. The lowest BCUT2D eigenvalue weighted by Gasteiger charge is -2.50. The average Bonchev–Trinajstić information content (AvgIpc) is 1.96. The van der Waals surface area contributed by atoms with Crippen molar-refractivity contribution in [3.05, 3.63) is 0 Å². The van der Waals surface area contributed by atoms with E-state index in [4.69, 9.17) is 4.55 Å². The number of hydrogen-bond acceptors (Lipinski definition) is 2. The van der Waals surface area contributed by atoms with E-state index in [9.17, 15) is 8.42 Å². The quantitative estimate of drug-likeness (QED) is 0.627. The van der Waals surface area contributed by atoms with Gasteiger partial charge in [-0.05, 0) is 16.5 Å². The molecule has 0 rings (SSSR count). The maximum absolute atomic E-state index is 10.8. The van der Waals surface area contributed by atoms with Crippen molar-refractivity contribution in [3.63, 3.8) is 0 Å². The van der Waals surface area contributed by atoms with Crippen LogP contribution in [0.25, 0.3) is 0 Å². The molecule has 104 valence electrons. The van der Waals surface area contributed by atoms with Gasteiger partial charge in [0.05, 0.1) is 13.8 Å². The predicted molar refractivity (Wildman–Crippen MR) is 76.9 cm³/mol. The third kappa shape index (κ3) is 4.71. The van der Waals surface area contributed by atoms with Gasteiger partial charge in [-0.3, -0.25) is 4.55 Å². The van der Waals surface area contributed by atoms with Crippen molar-refractivity contribution in [2.75, 3.05) is 5.75 Å². The SMILES string of the molecule is CC(C)(C)[Si](C)(CCCS(=O)(=O)O)C(C)(C)C. The van der Waals surface area contributed by atoms with E-state index in [2.05, 4.69) is 48.1 Å². The molecule has 0 unspecified atom stereocenters. The lowest BCUT2D eigenvalue weighted by Crippen LogP contribution is -2.48. The van der Waals surface area contributed by atoms with Crippen molar-refractivity contribution < 1.29 is 13.0 Å². The van der Waals surface area contributed by atoms with Gasteiger partial charge in [-0.2, -0.15) is 8.42 Å². The maximum atomic E-state index is 10.8. The molecule has 0 saturated carbocycles. The van der Waals surface area contributed by atoms with Crippen LogP contribution in [0.3, 0.4) is 0 Å². The fourth-order valence-corrected chi connectivity index (χ4v) is 7.88. The van der Waals surface area contributed by atoms with Crippen molar-refractivity contribution in [1.82, 2.24) is 0 Å². The molecule has 0 atom stereocenters. The van der Waals surface area contributed by atoms with Crippen LogP contribution in [0.4, 0.5) is 0 Å². The second-order valence-corrected chi connectivity index (χ2v) is 15.0. The summed E-state index contributed by atoms with van der Waals surface area (Å²) in [5.74, 6) is -0.109. The normalized spacial score (nSPS) is 15.1. The molecule has 17 heavy (non-hydrogen) atoms. The summed E-state index contributed by atoms with van der Waals surface area (Å²) in [4.78, 5) is 0. The summed E-state index contributed by atoms with van der Waals surface area (Å²) in [6.07, 6.45) is 0.566. The molecule has 0 aliphatic rings. The second kappa shape index (κ2) is 5.01. The summed E-state index contributed by atoms with van der Waals surface area (Å²) in [5, 5.41) is 0.453. The molecule has 1 N–H and O–H groups in total. The highest BCUT2D eigenvalue weighted by atomic mass is 32.2. The Morgan fingerprint density at radius 2 is 1.35 bits per heavy atom. The summed E-state index contributed by atoms with van der Waals surface area (Å²) < 4.78 is 30.4. The Balaban J connectivity index is 4.89. The molecule has 0 amide bonds. The van der Waals surface area contributed by atoms with Gasteiger partial charge in [0.25, 0.3) is 10.1 Å². The maximum Gasteiger partial charge on any atom is 0.264 e. The fraction of sp³-hybridized carbons (Fsp3) is 1.00. The molecule has 0 radical (unpaired) electrons. The molecule has 0 bridgehead atoms. The molecular formula is C12H28O3SSi. The van der Waals surface area contributed by atoms with Gasteiger partial charge in [-0.25, -0.2) is 0 Å². The highest BCUT2D eigenvalue weighted by Crippen LogP contribution is 2.53. The average molecular weight is 281 g/mol. The molecule has 0 aromatic carbocycles. The Morgan fingerprint density at radius 1 is 1.00 bits per heavy atom. The fourth-order valence-electron chi connectivity index (χ4n) is 2.48. The first-order valence-electron chi connectivity index (χ1n) is 6.16. The van der Waals surface area contributed by atoms with Gasteiger partial charge in [0, 0.05) is 0 Å². The zero-order chi connectivity index (χ0) is 14.1. The standard InChI is InChI=1S/C12H28O3SSi/c1-11(2,3)17(7,12(4,5)6)10-8-9-16(13,14)15/h8-10H2,1-7H3,(H,13,14,15). The molecule has 0 heterocycles. The highest BCUT2D eigenvalue weighted by molar-refractivity contribution is 7.85. The van der Waals surface area contributed by atoms with E-state index in [0.717, 1.165) is 6.04 Å². The van der Waals surface area contributed by atoms with Crippen molar-refractivity contribution in [1.29, 1.82) is 0 Å². The summed E-state index contributed by atoms with van der Waals surface area (Å²) in [6.45, 7) is 15.8. The van der Waals surface area contributed by atoms with Gasteiger partial charge < -0.3 is 0 Å². The minimum absolute atomic E-state index is 0.109. The Hall–Kier alpha value is 0.127. The molecule has 5 heteroatoms. The first kappa shape index (κ1) is 17.1. The predicted octanol–water partition coefficient (Wildman–Crippen LogP) is 3.94. The summed E-state index contributed by atoms with van der Waals surface area (Å²) in [6, 6.07) is 0.930. The monoisotopic (exact) mass is 280 g/mol. The van der Waals surface area contributed by atoms with Crippen molar-refractivity contribution >= 4 is 18.2 Å². The van der Waals surface area contributed by atoms with Gasteiger partial charge in [0.1, 0.15) is 0 Å². The highest BCUT2D eigenvalue weighted by Gasteiger charge is 2.47. The second-order valence-electron chi connectivity index (χ2n) is 7.22. The smallest absolute Gasteiger partial charge is 0.264 e. The Labute approximate surface area is 108 Å². The molecule has 0 aromatic rings. The minimum atomic E-state index is -3.82. The van der Waals surface area contributed by atoms with Gasteiger partial charge in [-0.1, -0.05) is 54.1 Å². The third-order valence-electron chi connectivity index (χ3n) is 4.39. The van der Waals surface area contributed by atoms with Crippen LogP contribution in [-0.2, 0) is 10.1 Å². The van der Waals surface area contributed by atoms with E-state index in [1.165, 1.54) is 0 Å². The van der Waals surface area contributed by atoms with E-state index in [-0.39, 0.29) is 15.8 Å². The summed E-state index contributed by atoms with van der Waals surface area (Å²) in [7, 11) is -5.44. The van der Waals surface area contributed by atoms with Crippen LogP contribution in [0, 0.1) is 0 Å². The molecule has 0 spiro atoms. The van der Waals surface area contributed by atoms with Crippen LogP contribution in [0.15, 0.2) is 0 Å². The lowest BCUT2D eigenvalue weighted by atomic mass is 10.2. The third-order valence-corrected chi connectivity index (χ3v) is 13.2. The topological polar surface area (TPSA) is 54.4 Å². The van der Waals surface area contributed by atoms with E-state index in [0.29, 0.717) is 6.42 Å². The summed E-state index contributed by atoms with van der Waals surface area (Å²) >= 11 is 0. The number of rotatable bonds is 4. The lowest BCUT2D eigenvalue weighted by molar-refractivity contribution is 0.481. The van der Waals surface area contributed by atoms with E-state index < -0.39 is 18.2 Å². The molecule has 0 fully saturated rings. The Morgan fingerprint density at radius 3 is 1.59 bits per heavy atom. The van der Waals surface area contributed by atoms with Crippen LogP contribution >= 0.6 is 0 Å². The van der Waals surface area contributed by atoms with E-state index in [1.807, 2.05) is 0 Å². The van der Waals surface area contributed by atoms with Gasteiger partial charge in [0.2, 0.25) is 0 Å². The molecule has 0 aliphatic heterocycles. The first-order chi connectivity index (χ1) is 7.21. The molecule has 3 nitrogen and oxygen atoms in total. The van der Waals surface area contributed by atoms with Gasteiger partial charge in [0.15, 0.2) is 0 Å². The largest absolute Gasteiger partial charge is 0.286 e. The molecule has 0 saturated heterocycles. The van der Waals surface area contributed by atoms with Crippen molar-refractivity contribution in [2.45, 2.75) is 70.6 Å². The van der Waals surface area contributed by atoms with Crippen LogP contribution < -0.4 is 0 Å².